The van der Waals surface area contributed by atoms with Gasteiger partial charge in [-0.25, -0.2) is 0 Å². The zero-order valence-corrected chi connectivity index (χ0v) is 11.9. The molecule has 1 aromatic carbocycles. The van der Waals surface area contributed by atoms with E-state index in [1.165, 1.54) is 0 Å². The maximum Gasteiger partial charge on any atom is 0.290 e. The Morgan fingerprint density at radius 3 is 2.44 bits per heavy atom. The van der Waals surface area contributed by atoms with Crippen LogP contribution in [-0.4, -0.2) is 8.36 Å². The molecule has 0 saturated carbocycles. The Labute approximate surface area is 117 Å². The van der Waals surface area contributed by atoms with E-state index in [9.17, 15) is 4.79 Å². The molecule has 0 aromatic heterocycles. The highest BCUT2D eigenvalue weighted by atomic mass is 35.6. The van der Waals surface area contributed by atoms with Crippen molar-refractivity contribution in [3.05, 3.63) is 35.9 Å². The number of rotatable bonds is 3. The van der Waals surface area contributed by atoms with Gasteiger partial charge in [-0.3, -0.25) is 4.79 Å². The summed E-state index contributed by atoms with van der Waals surface area (Å²) in [6, 6.07) is 9.58. The molecule has 16 heavy (non-hydrogen) atoms. The van der Waals surface area contributed by atoms with Gasteiger partial charge in [-0.15, -0.1) is 0 Å². The second kappa shape index (κ2) is 6.87. The van der Waals surface area contributed by atoms with Crippen LogP contribution in [0.1, 0.15) is 5.56 Å². The molecule has 0 atom stereocenters. The molecule has 1 amide bonds. The molecule has 7 heteroatoms. The van der Waals surface area contributed by atoms with E-state index in [2.05, 4.69) is 5.32 Å². The van der Waals surface area contributed by atoms with Gasteiger partial charge in [0.15, 0.2) is 0 Å². The van der Waals surface area contributed by atoms with E-state index in [1.807, 2.05) is 30.3 Å². The van der Waals surface area contributed by atoms with Gasteiger partial charge in [-0.1, -0.05) is 65.1 Å². The van der Waals surface area contributed by atoms with Crippen molar-refractivity contribution in [2.45, 2.75) is 9.67 Å². The van der Waals surface area contributed by atoms with Crippen molar-refractivity contribution in [2.75, 3.05) is 0 Å². The third-order valence-corrected chi connectivity index (χ3v) is 5.03. The summed E-state index contributed by atoms with van der Waals surface area (Å²) in [5.74, 6) is 0. The normalized spacial score (nSPS) is 11.2. The van der Waals surface area contributed by atoms with E-state index in [4.69, 9.17) is 34.8 Å². The molecule has 0 saturated heterocycles. The average Bonchev–Trinajstić information content (AvgIpc) is 2.24. The second-order valence-corrected chi connectivity index (χ2v) is 8.01. The first-order chi connectivity index (χ1) is 7.47. The number of hydrogen-bond donors (Lipinski definition) is 1. The molecule has 0 spiro atoms. The number of amides is 1. The van der Waals surface area contributed by atoms with Crippen LogP contribution in [0.15, 0.2) is 30.3 Å². The molecular weight excluding hydrogens is 309 g/mol. The fourth-order valence-electron chi connectivity index (χ4n) is 0.885. The Morgan fingerprint density at radius 2 is 1.88 bits per heavy atom. The number of nitrogens with one attached hydrogen (secondary N) is 1. The van der Waals surface area contributed by atoms with Gasteiger partial charge < -0.3 is 5.32 Å². The third kappa shape index (κ3) is 6.76. The van der Waals surface area contributed by atoms with Crippen LogP contribution in [0.5, 0.6) is 0 Å². The summed E-state index contributed by atoms with van der Waals surface area (Å²) >= 11 is 16.5. The van der Waals surface area contributed by atoms with Crippen LogP contribution < -0.4 is 5.32 Å². The maximum absolute atomic E-state index is 11.3. The Morgan fingerprint density at radius 1 is 1.25 bits per heavy atom. The molecule has 0 fully saturated rings. The number of hydrogen-bond acceptors (Lipinski definition) is 3. The van der Waals surface area contributed by atoms with Crippen molar-refractivity contribution in [1.29, 1.82) is 0 Å². The van der Waals surface area contributed by atoms with Gasteiger partial charge in [0.1, 0.15) is 0 Å². The molecule has 88 valence electrons. The highest BCUT2D eigenvalue weighted by Crippen LogP contribution is 2.46. The van der Waals surface area contributed by atoms with Crippen LogP contribution in [0.4, 0.5) is 4.79 Å². The number of benzene rings is 1. The van der Waals surface area contributed by atoms with E-state index in [0.29, 0.717) is 6.54 Å². The molecule has 2 nitrogen and oxygen atoms in total. The largest absolute Gasteiger partial charge is 0.342 e. The van der Waals surface area contributed by atoms with E-state index in [1.54, 1.807) is 0 Å². The summed E-state index contributed by atoms with van der Waals surface area (Å²) in [5, 5.41) is 2.46. The number of halogens is 3. The molecule has 1 rings (SSSR count). The summed E-state index contributed by atoms with van der Waals surface area (Å²) in [5.41, 5.74) is 1.02. The van der Waals surface area contributed by atoms with Crippen LogP contribution in [0, 0.1) is 0 Å². The lowest BCUT2D eigenvalue weighted by Crippen LogP contribution is -2.17. The molecule has 0 unspecified atom stereocenters. The minimum atomic E-state index is -1.48. The van der Waals surface area contributed by atoms with Gasteiger partial charge in [0.05, 0.1) is 0 Å². The van der Waals surface area contributed by atoms with Crippen molar-refractivity contribution in [3.63, 3.8) is 0 Å². The van der Waals surface area contributed by atoms with Gasteiger partial charge in [-0.05, 0) is 16.4 Å². The number of alkyl halides is 3. The van der Waals surface area contributed by atoms with Crippen molar-refractivity contribution in [2.24, 2.45) is 0 Å². The molecular formula is C9H8Cl3NOS2. The summed E-state index contributed by atoms with van der Waals surface area (Å²) in [7, 11) is 1.75. The Balaban J connectivity index is 2.26. The van der Waals surface area contributed by atoms with Crippen LogP contribution in [-0.2, 0) is 6.54 Å². The first kappa shape index (κ1) is 14.3. The number of carbonyl (C=O) groups excluding carboxylic acids is 1. The van der Waals surface area contributed by atoms with Crippen molar-refractivity contribution >= 4 is 61.6 Å². The SMILES string of the molecule is O=C(NCc1ccccc1)SSC(Cl)(Cl)Cl. The zero-order chi connectivity index (χ0) is 12.0. The first-order valence-corrected chi connectivity index (χ1v) is 7.50. The molecule has 1 aromatic rings. The van der Waals surface area contributed by atoms with Crippen LogP contribution in [0.25, 0.3) is 0 Å². The van der Waals surface area contributed by atoms with Gasteiger partial charge in [0.25, 0.3) is 5.24 Å². The fraction of sp³-hybridized carbons (Fsp3) is 0.222. The van der Waals surface area contributed by atoms with Crippen molar-refractivity contribution in [1.82, 2.24) is 5.32 Å². The molecule has 0 aliphatic carbocycles. The Kier molecular flexibility index (Phi) is 6.15. The van der Waals surface area contributed by atoms with Crippen LogP contribution >= 0.6 is 56.4 Å². The van der Waals surface area contributed by atoms with Crippen molar-refractivity contribution in [3.8, 4) is 0 Å². The summed E-state index contributed by atoms with van der Waals surface area (Å²) < 4.78 is -1.48. The topological polar surface area (TPSA) is 29.1 Å². The van der Waals surface area contributed by atoms with E-state index < -0.39 is 3.12 Å². The monoisotopic (exact) mass is 315 g/mol. The van der Waals surface area contributed by atoms with Gasteiger partial charge in [0, 0.05) is 17.3 Å². The highest BCUT2D eigenvalue weighted by Gasteiger charge is 2.22. The third-order valence-electron chi connectivity index (χ3n) is 1.49. The second-order valence-electron chi connectivity index (χ2n) is 2.74. The first-order valence-electron chi connectivity index (χ1n) is 4.21. The maximum atomic E-state index is 11.3. The van der Waals surface area contributed by atoms with E-state index >= 15 is 0 Å². The standard InChI is InChI=1S/C9H8Cl3NOS2/c10-9(11,12)16-15-8(14)13-6-7-4-2-1-3-5-7/h1-5H,6H2,(H,13,14). The molecule has 0 heterocycles. The Bertz CT molecular complexity index is 342. The predicted octanol–water partition coefficient (Wildman–Crippen LogP) is 4.61. The average molecular weight is 317 g/mol. The minimum Gasteiger partial charge on any atom is -0.342 e. The minimum absolute atomic E-state index is 0.236. The fourth-order valence-corrected chi connectivity index (χ4v) is 2.72. The zero-order valence-electron chi connectivity index (χ0n) is 7.95. The molecule has 0 aliphatic heterocycles. The molecule has 0 bridgehead atoms. The number of carbonyl (C=O) groups is 1. The molecule has 1 N–H and O–H groups in total. The van der Waals surface area contributed by atoms with Crippen LogP contribution in [0.2, 0.25) is 0 Å². The highest BCUT2D eigenvalue weighted by molar-refractivity contribution is 8.83. The lowest BCUT2D eigenvalue weighted by Gasteiger charge is -2.08. The lowest BCUT2D eigenvalue weighted by atomic mass is 10.2. The predicted molar refractivity (Wildman–Crippen MR) is 74.1 cm³/mol. The smallest absolute Gasteiger partial charge is 0.290 e. The lowest BCUT2D eigenvalue weighted by molar-refractivity contribution is 0.260. The molecule has 0 aliphatic rings. The summed E-state index contributed by atoms with van der Waals surface area (Å²) in [6.07, 6.45) is 0. The van der Waals surface area contributed by atoms with Gasteiger partial charge >= 0.3 is 0 Å². The quantitative estimate of drug-likeness (QED) is 0.652. The van der Waals surface area contributed by atoms with Gasteiger partial charge in [-0.2, -0.15) is 0 Å². The van der Waals surface area contributed by atoms with E-state index in [0.717, 1.165) is 27.2 Å². The molecule has 0 radical (unpaired) electrons. The van der Waals surface area contributed by atoms with Crippen LogP contribution in [0.3, 0.4) is 0 Å². The van der Waals surface area contributed by atoms with Gasteiger partial charge in [0.2, 0.25) is 3.12 Å². The summed E-state index contributed by atoms with van der Waals surface area (Å²) in [6.45, 7) is 0.465. The Hall–Kier alpha value is 0.260. The summed E-state index contributed by atoms with van der Waals surface area (Å²) in [4.78, 5) is 11.3. The van der Waals surface area contributed by atoms with E-state index in [-0.39, 0.29) is 5.24 Å². The van der Waals surface area contributed by atoms with Crippen molar-refractivity contribution < 1.29 is 4.79 Å².